The fourth-order valence-corrected chi connectivity index (χ4v) is 2.95. The minimum atomic E-state index is -0.312. The Kier molecular flexibility index (Phi) is 5.07. The van der Waals surface area contributed by atoms with Gasteiger partial charge in [-0.3, -0.25) is 4.90 Å². The molecule has 5 heteroatoms. The largest absolute Gasteiger partial charge is 0.391 e. The van der Waals surface area contributed by atoms with Gasteiger partial charge in [-0.15, -0.1) is 0 Å². The van der Waals surface area contributed by atoms with Crippen LogP contribution in [0, 0.1) is 5.82 Å². The molecule has 3 N–H and O–H groups in total. The summed E-state index contributed by atoms with van der Waals surface area (Å²) in [5.74, 6) is -0.299. The molecule has 0 bridgehead atoms. The Morgan fingerprint density at radius 1 is 1.45 bits per heavy atom. The molecule has 1 aromatic carbocycles. The van der Waals surface area contributed by atoms with Crippen LogP contribution in [-0.4, -0.2) is 34.2 Å². The van der Waals surface area contributed by atoms with Crippen LogP contribution in [0.5, 0.6) is 0 Å². The molecule has 0 heterocycles. The zero-order chi connectivity index (χ0) is 14.7. The van der Waals surface area contributed by atoms with E-state index in [2.05, 4.69) is 0 Å². The van der Waals surface area contributed by atoms with Crippen molar-refractivity contribution < 1.29 is 9.50 Å². The molecule has 2 rings (SSSR count). The van der Waals surface area contributed by atoms with Crippen molar-refractivity contribution in [3.05, 3.63) is 35.1 Å². The second kappa shape index (κ2) is 6.61. The highest BCUT2D eigenvalue weighted by atomic mass is 32.1. The molecule has 1 saturated carbocycles. The lowest BCUT2D eigenvalue weighted by molar-refractivity contribution is 0.0284. The number of thiocarbonyl (C=S) groups is 1. The summed E-state index contributed by atoms with van der Waals surface area (Å²) in [6.45, 7) is 0.477. The molecule has 0 spiro atoms. The molecule has 0 saturated heterocycles. The summed E-state index contributed by atoms with van der Waals surface area (Å²) in [7, 11) is 1.93. The fraction of sp³-hybridized carbons (Fsp3) is 0.533. The second-order valence-corrected chi connectivity index (χ2v) is 5.94. The molecule has 20 heavy (non-hydrogen) atoms. The molecule has 1 aliphatic carbocycles. The normalized spacial score (nSPS) is 23.0. The maximum atomic E-state index is 14.0. The highest BCUT2D eigenvalue weighted by Crippen LogP contribution is 2.24. The van der Waals surface area contributed by atoms with Gasteiger partial charge in [0.2, 0.25) is 0 Å². The molecule has 1 aliphatic rings. The number of hydrogen-bond acceptors (Lipinski definition) is 3. The number of likely N-dealkylation sites (N-methyl/N-ethyl adjacent to an activating group) is 1. The molecule has 2 atom stereocenters. The zero-order valence-electron chi connectivity index (χ0n) is 11.7. The summed E-state index contributed by atoms with van der Waals surface area (Å²) in [6, 6.07) is 4.95. The van der Waals surface area contributed by atoms with Crippen molar-refractivity contribution in [2.45, 2.75) is 44.4 Å². The summed E-state index contributed by atoms with van der Waals surface area (Å²) in [6.07, 6.45) is 3.67. The number of aliphatic hydroxyl groups excluding tert-OH is 1. The van der Waals surface area contributed by atoms with Crippen LogP contribution >= 0.6 is 12.2 Å². The molecule has 1 aromatic rings. The molecular formula is C15H21FN2OS. The molecule has 0 amide bonds. The lowest BCUT2D eigenvalue weighted by atomic mass is 9.91. The standard InChI is InChI=1S/C15H21FN2OS/c1-18(13-4-2-3-5-14(13)19)9-11-7-6-10(15(17)20)8-12(11)16/h6-8,13-14,19H,2-5,9H2,1H3,(H2,17,20). The number of nitrogens with zero attached hydrogens (tertiary/aromatic N) is 1. The van der Waals surface area contributed by atoms with Gasteiger partial charge in [0.25, 0.3) is 0 Å². The first kappa shape index (κ1) is 15.4. The Morgan fingerprint density at radius 2 is 2.15 bits per heavy atom. The first-order valence-corrected chi connectivity index (χ1v) is 7.36. The Labute approximate surface area is 124 Å². The second-order valence-electron chi connectivity index (χ2n) is 5.50. The van der Waals surface area contributed by atoms with Crippen LogP contribution in [-0.2, 0) is 6.54 Å². The van der Waals surface area contributed by atoms with Crippen molar-refractivity contribution in [1.82, 2.24) is 4.90 Å². The van der Waals surface area contributed by atoms with Crippen LogP contribution in [0.25, 0.3) is 0 Å². The smallest absolute Gasteiger partial charge is 0.128 e. The van der Waals surface area contributed by atoms with Crippen LogP contribution in [0.4, 0.5) is 4.39 Å². The third-order valence-corrected chi connectivity index (χ3v) is 4.25. The number of halogens is 1. The van der Waals surface area contributed by atoms with E-state index in [0.717, 1.165) is 25.7 Å². The minimum absolute atomic E-state index is 0.110. The quantitative estimate of drug-likeness (QED) is 0.836. The SMILES string of the molecule is CN(Cc1ccc(C(N)=S)cc1F)C1CCCCC1O. The highest BCUT2D eigenvalue weighted by molar-refractivity contribution is 7.80. The van der Waals surface area contributed by atoms with Crippen LogP contribution in [0.15, 0.2) is 18.2 Å². The lowest BCUT2D eigenvalue weighted by Crippen LogP contribution is -2.43. The third-order valence-electron chi connectivity index (χ3n) is 4.02. The van der Waals surface area contributed by atoms with Gasteiger partial charge < -0.3 is 10.8 Å². The summed E-state index contributed by atoms with van der Waals surface area (Å²) in [5, 5.41) is 10.0. The Balaban J connectivity index is 2.07. The number of rotatable bonds is 4. The van der Waals surface area contributed by atoms with E-state index in [-0.39, 0.29) is 23.0 Å². The molecule has 0 aliphatic heterocycles. The van der Waals surface area contributed by atoms with Crippen molar-refractivity contribution in [2.75, 3.05) is 7.05 Å². The van der Waals surface area contributed by atoms with Gasteiger partial charge in [0.05, 0.1) is 6.10 Å². The minimum Gasteiger partial charge on any atom is -0.391 e. The molecule has 2 unspecified atom stereocenters. The van der Waals surface area contributed by atoms with Gasteiger partial charge in [-0.05, 0) is 26.0 Å². The maximum absolute atomic E-state index is 14.0. The molecule has 0 radical (unpaired) electrons. The number of nitrogens with two attached hydrogens (primary N) is 1. The van der Waals surface area contributed by atoms with Crippen molar-refractivity contribution in [3.8, 4) is 0 Å². The van der Waals surface area contributed by atoms with Crippen LogP contribution in [0.1, 0.15) is 36.8 Å². The third kappa shape index (κ3) is 3.53. The summed E-state index contributed by atoms with van der Waals surface area (Å²) < 4.78 is 14.0. The summed E-state index contributed by atoms with van der Waals surface area (Å²) >= 11 is 4.84. The van der Waals surface area contributed by atoms with E-state index in [4.69, 9.17) is 18.0 Å². The van der Waals surface area contributed by atoms with E-state index in [0.29, 0.717) is 17.7 Å². The average molecular weight is 296 g/mol. The number of hydrogen-bond donors (Lipinski definition) is 2. The molecular weight excluding hydrogens is 275 g/mol. The predicted molar refractivity (Wildman–Crippen MR) is 82.0 cm³/mol. The zero-order valence-corrected chi connectivity index (χ0v) is 12.5. The first-order valence-electron chi connectivity index (χ1n) is 6.95. The molecule has 1 fully saturated rings. The van der Waals surface area contributed by atoms with Gasteiger partial charge in [0, 0.05) is 23.7 Å². The van der Waals surface area contributed by atoms with Crippen LogP contribution in [0.3, 0.4) is 0 Å². The van der Waals surface area contributed by atoms with E-state index in [1.54, 1.807) is 12.1 Å². The fourth-order valence-electron chi connectivity index (χ4n) is 2.82. The maximum Gasteiger partial charge on any atom is 0.128 e. The Bertz CT molecular complexity index is 495. The molecule has 110 valence electrons. The average Bonchev–Trinajstić information content (AvgIpc) is 2.41. The van der Waals surface area contributed by atoms with Gasteiger partial charge in [-0.25, -0.2) is 4.39 Å². The van der Waals surface area contributed by atoms with Crippen molar-refractivity contribution in [3.63, 3.8) is 0 Å². The van der Waals surface area contributed by atoms with Gasteiger partial charge >= 0.3 is 0 Å². The summed E-state index contributed by atoms with van der Waals surface area (Å²) in [4.78, 5) is 2.23. The van der Waals surface area contributed by atoms with E-state index in [1.807, 2.05) is 11.9 Å². The number of benzene rings is 1. The van der Waals surface area contributed by atoms with E-state index in [1.165, 1.54) is 6.07 Å². The van der Waals surface area contributed by atoms with E-state index < -0.39 is 0 Å². The van der Waals surface area contributed by atoms with Gasteiger partial charge in [0.15, 0.2) is 0 Å². The Morgan fingerprint density at radius 3 is 2.75 bits per heavy atom. The Hall–Kier alpha value is -1.04. The van der Waals surface area contributed by atoms with Crippen LogP contribution < -0.4 is 5.73 Å². The van der Waals surface area contributed by atoms with E-state index in [9.17, 15) is 9.50 Å². The monoisotopic (exact) mass is 296 g/mol. The highest BCUT2D eigenvalue weighted by Gasteiger charge is 2.26. The van der Waals surface area contributed by atoms with Crippen molar-refractivity contribution in [1.29, 1.82) is 0 Å². The van der Waals surface area contributed by atoms with E-state index >= 15 is 0 Å². The van der Waals surface area contributed by atoms with Gasteiger partial charge in [0.1, 0.15) is 10.8 Å². The van der Waals surface area contributed by atoms with Crippen molar-refractivity contribution >= 4 is 17.2 Å². The predicted octanol–water partition coefficient (Wildman–Crippen LogP) is 2.20. The van der Waals surface area contributed by atoms with Gasteiger partial charge in [-0.1, -0.05) is 37.2 Å². The topological polar surface area (TPSA) is 49.5 Å². The molecule has 0 aromatic heterocycles. The molecule has 3 nitrogen and oxygen atoms in total. The first-order chi connectivity index (χ1) is 9.49. The van der Waals surface area contributed by atoms with Crippen molar-refractivity contribution in [2.24, 2.45) is 5.73 Å². The van der Waals surface area contributed by atoms with Crippen LogP contribution in [0.2, 0.25) is 0 Å². The lowest BCUT2D eigenvalue weighted by Gasteiger charge is -2.35. The van der Waals surface area contributed by atoms with Gasteiger partial charge in [-0.2, -0.15) is 0 Å². The number of aliphatic hydroxyl groups is 1. The summed E-state index contributed by atoms with van der Waals surface area (Å²) in [5.41, 5.74) is 6.64.